The number of esters is 1. The molecule has 4 bridgehead atoms. The van der Waals surface area contributed by atoms with Crippen molar-refractivity contribution in [1.29, 1.82) is 5.26 Å². The zero-order valence-corrected chi connectivity index (χ0v) is 16.7. The lowest BCUT2D eigenvalue weighted by Crippen LogP contribution is -2.62. The van der Waals surface area contributed by atoms with Gasteiger partial charge in [-0.25, -0.2) is 4.79 Å². The van der Waals surface area contributed by atoms with Crippen molar-refractivity contribution in [2.45, 2.75) is 50.5 Å². The number of hydrogen-bond acceptors (Lipinski definition) is 4. The van der Waals surface area contributed by atoms with Gasteiger partial charge in [-0.2, -0.15) is 5.26 Å². The second-order valence-electron chi connectivity index (χ2n) is 8.68. The molecule has 5 nitrogen and oxygen atoms in total. The lowest BCUT2D eigenvalue weighted by molar-refractivity contribution is -0.153. The summed E-state index contributed by atoms with van der Waals surface area (Å²) in [5.41, 5.74) is 0.227. The van der Waals surface area contributed by atoms with Crippen LogP contribution in [-0.2, 0) is 9.53 Å². The zero-order chi connectivity index (χ0) is 19.7. The van der Waals surface area contributed by atoms with Crippen LogP contribution in [0.1, 0.15) is 55.3 Å². The Morgan fingerprint density at radius 1 is 1.11 bits per heavy atom. The molecule has 5 rings (SSSR count). The zero-order valence-electron chi connectivity index (χ0n) is 15.9. The summed E-state index contributed by atoms with van der Waals surface area (Å²) >= 11 is 5.84. The lowest BCUT2D eigenvalue weighted by atomic mass is 9.52. The van der Waals surface area contributed by atoms with Crippen LogP contribution in [0.5, 0.6) is 0 Å². The third kappa shape index (κ3) is 3.75. The van der Waals surface area contributed by atoms with Gasteiger partial charge in [-0.15, -0.1) is 0 Å². The Morgan fingerprint density at radius 2 is 1.68 bits per heavy atom. The van der Waals surface area contributed by atoms with Gasteiger partial charge in [0.2, 0.25) is 0 Å². The molecule has 0 spiro atoms. The number of nitriles is 1. The molecule has 0 heterocycles. The SMILES string of the molecule is N#CCCN(C(=O)COC(=O)c1ccc(Cl)cc1)C12CC3CC(CC(C3)C1)C2. The molecule has 1 aromatic carbocycles. The molecule has 1 amide bonds. The third-order valence-corrected chi connectivity index (χ3v) is 6.99. The molecule has 4 saturated carbocycles. The van der Waals surface area contributed by atoms with Crippen LogP contribution in [0, 0.1) is 29.1 Å². The number of nitrogens with zero attached hydrogens (tertiary/aromatic N) is 2. The third-order valence-electron chi connectivity index (χ3n) is 6.73. The van der Waals surface area contributed by atoms with Crippen LogP contribution in [-0.4, -0.2) is 35.5 Å². The molecule has 4 aliphatic rings. The predicted octanol–water partition coefficient (Wildman–Crippen LogP) is 4.21. The first kappa shape index (κ1) is 19.3. The maximum atomic E-state index is 13.1. The van der Waals surface area contributed by atoms with Crippen molar-refractivity contribution >= 4 is 23.5 Å². The van der Waals surface area contributed by atoms with E-state index in [2.05, 4.69) is 6.07 Å². The quantitative estimate of drug-likeness (QED) is 0.670. The molecular formula is C22H25ClN2O3. The highest BCUT2D eigenvalue weighted by Crippen LogP contribution is 2.57. The van der Waals surface area contributed by atoms with Gasteiger partial charge in [-0.1, -0.05) is 11.6 Å². The molecule has 0 N–H and O–H groups in total. The Kier molecular flexibility index (Phi) is 5.33. The van der Waals surface area contributed by atoms with Gasteiger partial charge in [0.1, 0.15) is 0 Å². The molecule has 28 heavy (non-hydrogen) atoms. The summed E-state index contributed by atoms with van der Waals surface area (Å²) in [5.74, 6) is 1.37. The fourth-order valence-corrected chi connectivity index (χ4v) is 6.18. The normalized spacial score (nSPS) is 29.9. The summed E-state index contributed by atoms with van der Waals surface area (Å²) in [6, 6.07) is 8.58. The van der Waals surface area contributed by atoms with E-state index >= 15 is 0 Å². The molecule has 148 valence electrons. The first-order valence-electron chi connectivity index (χ1n) is 10.1. The van der Waals surface area contributed by atoms with Crippen molar-refractivity contribution in [3.05, 3.63) is 34.9 Å². The Balaban J connectivity index is 1.45. The standard InChI is InChI=1S/C22H25ClN2O3/c23-19-4-2-18(3-5-19)21(27)28-14-20(26)25(7-1-6-24)22-11-15-8-16(12-22)10-17(9-15)13-22/h2-5,15-17H,1,7-14H2. The second kappa shape index (κ2) is 7.75. The van der Waals surface area contributed by atoms with Gasteiger partial charge < -0.3 is 9.64 Å². The van der Waals surface area contributed by atoms with Crippen molar-refractivity contribution in [3.63, 3.8) is 0 Å². The Labute approximate surface area is 170 Å². The number of hydrogen-bond donors (Lipinski definition) is 0. The molecular weight excluding hydrogens is 376 g/mol. The van der Waals surface area contributed by atoms with E-state index in [1.165, 1.54) is 19.3 Å². The van der Waals surface area contributed by atoms with E-state index in [9.17, 15) is 9.59 Å². The Hall–Kier alpha value is -2.06. The van der Waals surface area contributed by atoms with Gasteiger partial charge in [-0.05, 0) is 80.5 Å². The minimum atomic E-state index is -0.532. The summed E-state index contributed by atoms with van der Waals surface area (Å²) < 4.78 is 5.30. The fraction of sp³-hybridized carbons (Fsp3) is 0.591. The van der Waals surface area contributed by atoms with Crippen LogP contribution in [0.25, 0.3) is 0 Å². The van der Waals surface area contributed by atoms with Crippen molar-refractivity contribution in [1.82, 2.24) is 4.90 Å². The summed E-state index contributed by atoms with van der Waals surface area (Å²) in [6.45, 7) is 0.134. The molecule has 4 fully saturated rings. The molecule has 0 radical (unpaired) electrons. The number of ether oxygens (including phenoxy) is 1. The van der Waals surface area contributed by atoms with E-state index in [0.717, 1.165) is 19.3 Å². The van der Waals surface area contributed by atoms with Crippen LogP contribution in [0.2, 0.25) is 5.02 Å². The van der Waals surface area contributed by atoms with E-state index in [-0.39, 0.29) is 18.1 Å². The van der Waals surface area contributed by atoms with Gasteiger partial charge in [0.05, 0.1) is 18.1 Å². The average Bonchev–Trinajstić information content (AvgIpc) is 2.65. The highest BCUT2D eigenvalue weighted by molar-refractivity contribution is 6.30. The minimum absolute atomic E-state index is 0.143. The van der Waals surface area contributed by atoms with Gasteiger partial charge in [-0.3, -0.25) is 4.79 Å². The van der Waals surface area contributed by atoms with Gasteiger partial charge in [0.25, 0.3) is 5.91 Å². The maximum Gasteiger partial charge on any atom is 0.338 e. The van der Waals surface area contributed by atoms with Crippen LogP contribution in [0.15, 0.2) is 24.3 Å². The van der Waals surface area contributed by atoms with Crippen molar-refractivity contribution in [2.24, 2.45) is 17.8 Å². The Morgan fingerprint density at radius 3 is 2.21 bits per heavy atom. The highest BCUT2D eigenvalue weighted by atomic mass is 35.5. The summed E-state index contributed by atoms with van der Waals surface area (Å²) in [5, 5.41) is 9.62. The fourth-order valence-electron chi connectivity index (χ4n) is 6.06. The lowest BCUT2D eigenvalue weighted by Gasteiger charge is -2.60. The monoisotopic (exact) mass is 400 g/mol. The number of rotatable bonds is 6. The van der Waals surface area contributed by atoms with E-state index in [1.54, 1.807) is 24.3 Å². The Bertz CT molecular complexity index is 764. The molecule has 0 saturated heterocycles. The summed E-state index contributed by atoms with van der Waals surface area (Å²) in [7, 11) is 0. The second-order valence-corrected chi connectivity index (χ2v) is 9.11. The van der Waals surface area contributed by atoms with E-state index in [4.69, 9.17) is 21.6 Å². The first-order chi connectivity index (χ1) is 13.5. The average molecular weight is 401 g/mol. The molecule has 1 aromatic rings. The smallest absolute Gasteiger partial charge is 0.338 e. The maximum absolute atomic E-state index is 13.1. The van der Waals surface area contributed by atoms with Crippen LogP contribution >= 0.6 is 11.6 Å². The van der Waals surface area contributed by atoms with E-state index in [1.807, 2.05) is 4.90 Å². The van der Waals surface area contributed by atoms with Crippen LogP contribution in [0.4, 0.5) is 0 Å². The van der Waals surface area contributed by atoms with Crippen LogP contribution < -0.4 is 0 Å². The summed E-state index contributed by atoms with van der Waals surface area (Å²) in [4.78, 5) is 27.2. The number of carbonyl (C=O) groups excluding carboxylic acids is 2. The van der Waals surface area contributed by atoms with Gasteiger partial charge >= 0.3 is 5.97 Å². The topological polar surface area (TPSA) is 70.4 Å². The van der Waals surface area contributed by atoms with Crippen LogP contribution in [0.3, 0.4) is 0 Å². The highest BCUT2D eigenvalue weighted by Gasteiger charge is 2.54. The largest absolute Gasteiger partial charge is 0.452 e. The van der Waals surface area contributed by atoms with Gasteiger partial charge in [0, 0.05) is 17.1 Å². The molecule has 0 aromatic heterocycles. The van der Waals surface area contributed by atoms with Crippen molar-refractivity contribution in [3.8, 4) is 6.07 Å². The number of benzene rings is 1. The predicted molar refractivity (Wildman–Crippen MR) is 105 cm³/mol. The summed E-state index contributed by atoms with van der Waals surface area (Å²) in [6.07, 6.45) is 7.24. The molecule has 6 heteroatoms. The van der Waals surface area contributed by atoms with E-state index in [0.29, 0.717) is 41.3 Å². The minimum Gasteiger partial charge on any atom is -0.452 e. The first-order valence-corrected chi connectivity index (χ1v) is 10.5. The van der Waals surface area contributed by atoms with Gasteiger partial charge in [0.15, 0.2) is 6.61 Å². The molecule has 0 aliphatic heterocycles. The number of amides is 1. The number of carbonyl (C=O) groups is 2. The molecule has 4 aliphatic carbocycles. The number of halogens is 1. The van der Waals surface area contributed by atoms with E-state index < -0.39 is 5.97 Å². The molecule has 0 atom stereocenters. The van der Waals surface area contributed by atoms with Crippen molar-refractivity contribution in [2.75, 3.05) is 13.2 Å². The van der Waals surface area contributed by atoms with Crippen molar-refractivity contribution < 1.29 is 14.3 Å². The molecule has 0 unspecified atom stereocenters.